The highest BCUT2D eigenvalue weighted by atomic mass is 15.2. The summed E-state index contributed by atoms with van der Waals surface area (Å²) < 4.78 is 0. The minimum Gasteiger partial charge on any atom is -0.314 e. The van der Waals surface area contributed by atoms with Crippen LogP contribution in [0.1, 0.15) is 13.3 Å². The number of rotatable bonds is 2. The van der Waals surface area contributed by atoms with E-state index >= 15 is 0 Å². The number of piperazine rings is 1. The van der Waals surface area contributed by atoms with Gasteiger partial charge in [0.1, 0.15) is 0 Å². The minimum absolute atomic E-state index is 0.595. The van der Waals surface area contributed by atoms with Gasteiger partial charge in [0.05, 0.1) is 6.07 Å². The van der Waals surface area contributed by atoms with Crippen LogP contribution in [0.5, 0.6) is 0 Å². The third-order valence-corrected chi connectivity index (χ3v) is 2.15. The minimum atomic E-state index is 0.595. The number of hydrogen-bond donors (Lipinski definition) is 1. The molecule has 1 saturated heterocycles. The molecule has 3 nitrogen and oxygen atoms in total. The highest BCUT2D eigenvalue weighted by Crippen LogP contribution is 2.01. The van der Waals surface area contributed by atoms with Gasteiger partial charge in [-0.3, -0.25) is 4.90 Å². The molecule has 0 aromatic heterocycles. The van der Waals surface area contributed by atoms with E-state index in [1.807, 2.05) is 0 Å². The van der Waals surface area contributed by atoms with Crippen LogP contribution in [0.2, 0.25) is 0 Å². The van der Waals surface area contributed by atoms with E-state index in [4.69, 9.17) is 5.26 Å². The molecule has 0 amide bonds. The summed E-state index contributed by atoms with van der Waals surface area (Å²) >= 11 is 0. The largest absolute Gasteiger partial charge is 0.314 e. The van der Waals surface area contributed by atoms with Gasteiger partial charge in [-0.05, 0) is 6.92 Å². The van der Waals surface area contributed by atoms with E-state index < -0.39 is 0 Å². The van der Waals surface area contributed by atoms with Crippen LogP contribution in [0.25, 0.3) is 0 Å². The summed E-state index contributed by atoms with van der Waals surface area (Å²) in [6.07, 6.45) is 0.657. The monoisotopic (exact) mass is 153 g/mol. The molecule has 0 aliphatic carbocycles. The van der Waals surface area contributed by atoms with Crippen LogP contribution in [0, 0.1) is 11.3 Å². The molecule has 3 heteroatoms. The number of hydrogen-bond acceptors (Lipinski definition) is 3. The Labute approximate surface area is 68.0 Å². The second-order valence-electron chi connectivity index (χ2n) is 3.00. The average Bonchev–Trinajstić information content (AvgIpc) is 2.03. The van der Waals surface area contributed by atoms with E-state index in [1.54, 1.807) is 0 Å². The molecule has 62 valence electrons. The maximum Gasteiger partial charge on any atom is 0.0635 e. The molecule has 0 bridgehead atoms. The Morgan fingerprint density at radius 3 is 3.18 bits per heavy atom. The Balaban J connectivity index is 2.25. The SMILES string of the molecule is C[C@@H]1CNCCN1CCC#N. The molecule has 0 radical (unpaired) electrons. The lowest BCUT2D eigenvalue weighted by atomic mass is 10.2. The Hall–Kier alpha value is -0.590. The first-order chi connectivity index (χ1) is 5.34. The molecular weight excluding hydrogens is 138 g/mol. The lowest BCUT2D eigenvalue weighted by Gasteiger charge is -2.33. The molecule has 1 aliphatic heterocycles. The van der Waals surface area contributed by atoms with Crippen molar-refractivity contribution in [2.45, 2.75) is 19.4 Å². The zero-order valence-electron chi connectivity index (χ0n) is 7.01. The van der Waals surface area contributed by atoms with Gasteiger partial charge in [0, 0.05) is 38.6 Å². The zero-order valence-corrected chi connectivity index (χ0v) is 7.01. The van der Waals surface area contributed by atoms with E-state index in [9.17, 15) is 0 Å². The standard InChI is InChI=1S/C8H15N3/c1-8-7-10-4-6-11(8)5-2-3-9/h8,10H,2,4-7H2,1H3/t8-/m1/s1. The third kappa shape index (κ3) is 2.49. The Bertz CT molecular complexity index is 150. The van der Waals surface area contributed by atoms with Crippen LogP contribution in [0.4, 0.5) is 0 Å². The van der Waals surface area contributed by atoms with Crippen molar-refractivity contribution in [3.05, 3.63) is 0 Å². The van der Waals surface area contributed by atoms with Crippen LogP contribution >= 0.6 is 0 Å². The van der Waals surface area contributed by atoms with E-state index in [0.29, 0.717) is 12.5 Å². The molecule has 0 spiro atoms. The summed E-state index contributed by atoms with van der Waals surface area (Å²) in [5.41, 5.74) is 0. The first-order valence-electron chi connectivity index (χ1n) is 4.16. The third-order valence-electron chi connectivity index (χ3n) is 2.15. The fraction of sp³-hybridized carbons (Fsp3) is 0.875. The van der Waals surface area contributed by atoms with Gasteiger partial charge in [0.2, 0.25) is 0 Å². The van der Waals surface area contributed by atoms with Gasteiger partial charge in [0.15, 0.2) is 0 Å². The summed E-state index contributed by atoms with van der Waals surface area (Å²) in [4.78, 5) is 2.36. The van der Waals surface area contributed by atoms with Gasteiger partial charge in [-0.1, -0.05) is 0 Å². The van der Waals surface area contributed by atoms with E-state index in [2.05, 4.69) is 23.2 Å². The van der Waals surface area contributed by atoms with E-state index in [0.717, 1.165) is 26.2 Å². The molecule has 0 unspecified atom stereocenters. The normalized spacial score (nSPS) is 26.4. The van der Waals surface area contributed by atoms with Crippen LogP contribution in [-0.4, -0.2) is 37.1 Å². The molecule has 1 atom stereocenters. The van der Waals surface area contributed by atoms with Gasteiger partial charge in [-0.15, -0.1) is 0 Å². The Kier molecular flexibility index (Phi) is 3.34. The lowest BCUT2D eigenvalue weighted by Crippen LogP contribution is -2.49. The van der Waals surface area contributed by atoms with Crippen molar-refractivity contribution in [1.29, 1.82) is 5.26 Å². The molecule has 1 fully saturated rings. The van der Waals surface area contributed by atoms with Gasteiger partial charge in [-0.25, -0.2) is 0 Å². The second kappa shape index (κ2) is 4.32. The number of nitrogens with one attached hydrogen (secondary N) is 1. The molecule has 1 heterocycles. The van der Waals surface area contributed by atoms with Crippen molar-refractivity contribution < 1.29 is 0 Å². The summed E-state index contributed by atoms with van der Waals surface area (Å²) in [5, 5.41) is 11.7. The highest BCUT2D eigenvalue weighted by molar-refractivity contribution is 4.79. The fourth-order valence-electron chi connectivity index (χ4n) is 1.41. The van der Waals surface area contributed by atoms with E-state index in [-0.39, 0.29) is 0 Å². The average molecular weight is 153 g/mol. The Morgan fingerprint density at radius 1 is 1.73 bits per heavy atom. The van der Waals surface area contributed by atoms with Crippen LogP contribution in [0.3, 0.4) is 0 Å². The molecule has 1 aliphatic rings. The molecule has 1 N–H and O–H groups in total. The molecule has 0 aromatic carbocycles. The second-order valence-corrected chi connectivity index (χ2v) is 3.00. The molecule has 11 heavy (non-hydrogen) atoms. The van der Waals surface area contributed by atoms with Gasteiger partial charge >= 0.3 is 0 Å². The van der Waals surface area contributed by atoms with Gasteiger partial charge in [0.25, 0.3) is 0 Å². The lowest BCUT2D eigenvalue weighted by molar-refractivity contribution is 0.177. The summed E-state index contributed by atoms with van der Waals surface area (Å²) in [5.74, 6) is 0. The topological polar surface area (TPSA) is 39.1 Å². The number of nitriles is 1. The maximum atomic E-state index is 8.39. The van der Waals surface area contributed by atoms with Crippen molar-refractivity contribution in [3.8, 4) is 6.07 Å². The molecule has 0 saturated carbocycles. The predicted molar refractivity (Wildman–Crippen MR) is 44.1 cm³/mol. The predicted octanol–water partition coefficient (Wildman–Crippen LogP) is 0.194. The summed E-state index contributed by atoms with van der Waals surface area (Å²) in [6.45, 7) is 6.34. The first-order valence-corrected chi connectivity index (χ1v) is 4.16. The van der Waals surface area contributed by atoms with Crippen molar-refractivity contribution >= 4 is 0 Å². The highest BCUT2D eigenvalue weighted by Gasteiger charge is 2.16. The van der Waals surface area contributed by atoms with E-state index in [1.165, 1.54) is 0 Å². The molecule has 1 rings (SSSR count). The van der Waals surface area contributed by atoms with Gasteiger partial charge < -0.3 is 5.32 Å². The van der Waals surface area contributed by atoms with Crippen LogP contribution < -0.4 is 5.32 Å². The Morgan fingerprint density at radius 2 is 2.55 bits per heavy atom. The van der Waals surface area contributed by atoms with Crippen molar-refractivity contribution in [2.24, 2.45) is 0 Å². The van der Waals surface area contributed by atoms with Crippen molar-refractivity contribution in [1.82, 2.24) is 10.2 Å². The fourth-order valence-corrected chi connectivity index (χ4v) is 1.41. The van der Waals surface area contributed by atoms with Crippen molar-refractivity contribution in [2.75, 3.05) is 26.2 Å². The maximum absolute atomic E-state index is 8.39. The van der Waals surface area contributed by atoms with Crippen LogP contribution in [0.15, 0.2) is 0 Å². The first kappa shape index (κ1) is 8.51. The van der Waals surface area contributed by atoms with Gasteiger partial charge in [-0.2, -0.15) is 5.26 Å². The van der Waals surface area contributed by atoms with Crippen LogP contribution in [-0.2, 0) is 0 Å². The zero-order chi connectivity index (χ0) is 8.10. The quantitative estimate of drug-likeness (QED) is 0.615. The smallest absolute Gasteiger partial charge is 0.0635 e. The van der Waals surface area contributed by atoms with Crippen molar-refractivity contribution in [3.63, 3.8) is 0 Å². The number of nitrogens with zero attached hydrogens (tertiary/aromatic N) is 2. The molecule has 0 aromatic rings. The summed E-state index contributed by atoms with van der Waals surface area (Å²) in [7, 11) is 0. The molecular formula is C8H15N3. The summed E-state index contributed by atoms with van der Waals surface area (Å²) in [6, 6.07) is 2.77.